The smallest absolute Gasteiger partial charge is 0.167 e. The molecule has 104 valence electrons. The molecule has 2 heteroatoms. The predicted octanol–water partition coefficient (Wildman–Crippen LogP) is 5.11. The molecular weight excluding hydrogens is 312 g/mol. The van der Waals surface area contributed by atoms with Gasteiger partial charge in [-0.15, -0.1) is 0 Å². The number of rotatable bonds is 3. The number of Topliss-reactive ketones (excluding diaryl/α,β-unsaturated/α-hetero) is 1. The number of halogens is 1. The van der Waals surface area contributed by atoms with Crippen LogP contribution in [0.3, 0.4) is 0 Å². The molecule has 2 rings (SSSR count). The van der Waals surface area contributed by atoms with Crippen LogP contribution in [0.1, 0.15) is 38.2 Å². The van der Waals surface area contributed by atoms with Crippen LogP contribution in [-0.4, -0.2) is 5.78 Å². The molecule has 0 heterocycles. The summed E-state index contributed by atoms with van der Waals surface area (Å²) in [7, 11) is 0. The summed E-state index contributed by atoms with van der Waals surface area (Å²) in [4.78, 5) is 12.5. The van der Waals surface area contributed by atoms with E-state index in [-0.39, 0.29) is 5.78 Å². The second kappa shape index (κ2) is 5.92. The molecule has 0 aromatic heterocycles. The standard InChI is InChI=1S/C18H19BrO/c1-11-5-6-12(2)15(7-11)10-17(20)16-8-13(3)18(19)14(4)9-16/h5-9H,10H2,1-4H3. The third-order valence-corrected chi connectivity index (χ3v) is 4.86. The number of ketones is 1. The van der Waals surface area contributed by atoms with Crippen LogP contribution in [0, 0.1) is 27.7 Å². The summed E-state index contributed by atoms with van der Waals surface area (Å²) in [6, 6.07) is 10.2. The molecule has 0 saturated carbocycles. The summed E-state index contributed by atoms with van der Waals surface area (Å²) in [6.45, 7) is 8.15. The van der Waals surface area contributed by atoms with Gasteiger partial charge in [-0.2, -0.15) is 0 Å². The minimum absolute atomic E-state index is 0.178. The topological polar surface area (TPSA) is 17.1 Å². The number of aryl methyl sites for hydroxylation is 4. The highest BCUT2D eigenvalue weighted by molar-refractivity contribution is 9.10. The maximum atomic E-state index is 12.5. The van der Waals surface area contributed by atoms with Crippen molar-refractivity contribution in [3.8, 4) is 0 Å². The van der Waals surface area contributed by atoms with Gasteiger partial charge >= 0.3 is 0 Å². The Bertz CT molecular complexity index is 648. The Labute approximate surface area is 129 Å². The van der Waals surface area contributed by atoms with Crippen molar-refractivity contribution in [2.75, 3.05) is 0 Å². The Kier molecular flexibility index (Phi) is 4.44. The van der Waals surface area contributed by atoms with Gasteiger partial charge in [-0.3, -0.25) is 4.79 Å². The molecule has 2 aromatic carbocycles. The molecule has 0 aliphatic rings. The van der Waals surface area contributed by atoms with E-state index in [0.717, 1.165) is 26.7 Å². The van der Waals surface area contributed by atoms with Gasteiger partial charge in [0.05, 0.1) is 0 Å². The van der Waals surface area contributed by atoms with Gasteiger partial charge in [-0.05, 0) is 62.1 Å². The molecule has 0 aliphatic heterocycles. The second-order valence-electron chi connectivity index (χ2n) is 5.45. The quantitative estimate of drug-likeness (QED) is 0.715. The lowest BCUT2D eigenvalue weighted by atomic mass is 9.96. The number of hydrogen-bond donors (Lipinski definition) is 0. The normalized spacial score (nSPS) is 10.7. The van der Waals surface area contributed by atoms with Crippen molar-refractivity contribution in [1.82, 2.24) is 0 Å². The Morgan fingerprint density at radius 2 is 1.55 bits per heavy atom. The molecule has 0 bridgehead atoms. The van der Waals surface area contributed by atoms with Gasteiger partial charge in [0.25, 0.3) is 0 Å². The van der Waals surface area contributed by atoms with E-state index in [0.29, 0.717) is 6.42 Å². The Morgan fingerprint density at radius 1 is 0.950 bits per heavy atom. The SMILES string of the molecule is Cc1ccc(C)c(CC(=O)c2cc(C)c(Br)c(C)c2)c1. The zero-order valence-corrected chi connectivity index (χ0v) is 14.0. The molecule has 0 radical (unpaired) electrons. The lowest BCUT2D eigenvalue weighted by molar-refractivity contribution is 0.0992. The van der Waals surface area contributed by atoms with Crippen molar-refractivity contribution in [3.05, 3.63) is 68.2 Å². The van der Waals surface area contributed by atoms with Crippen molar-refractivity contribution in [2.24, 2.45) is 0 Å². The third kappa shape index (κ3) is 3.18. The first-order valence-corrected chi connectivity index (χ1v) is 7.54. The molecule has 0 fully saturated rings. The zero-order valence-electron chi connectivity index (χ0n) is 12.4. The first-order valence-electron chi connectivity index (χ1n) is 6.74. The van der Waals surface area contributed by atoms with Crippen LogP contribution in [0.5, 0.6) is 0 Å². The van der Waals surface area contributed by atoms with Crippen LogP contribution in [0.15, 0.2) is 34.8 Å². The molecule has 0 N–H and O–H groups in total. The minimum Gasteiger partial charge on any atom is -0.294 e. The van der Waals surface area contributed by atoms with E-state index in [1.165, 1.54) is 11.1 Å². The Hall–Kier alpha value is -1.41. The molecule has 2 aromatic rings. The molecule has 1 nitrogen and oxygen atoms in total. The van der Waals surface area contributed by atoms with Gasteiger partial charge in [0.1, 0.15) is 0 Å². The highest BCUT2D eigenvalue weighted by atomic mass is 79.9. The van der Waals surface area contributed by atoms with Gasteiger partial charge in [0.2, 0.25) is 0 Å². The van der Waals surface area contributed by atoms with Crippen LogP contribution in [0.2, 0.25) is 0 Å². The minimum atomic E-state index is 0.178. The van der Waals surface area contributed by atoms with E-state index in [1.54, 1.807) is 0 Å². The van der Waals surface area contributed by atoms with Crippen LogP contribution in [0.4, 0.5) is 0 Å². The number of carbonyl (C=O) groups excluding carboxylic acids is 1. The number of benzene rings is 2. The summed E-state index contributed by atoms with van der Waals surface area (Å²) in [5.41, 5.74) is 6.50. The molecule has 0 spiro atoms. The van der Waals surface area contributed by atoms with Crippen LogP contribution in [-0.2, 0) is 6.42 Å². The summed E-state index contributed by atoms with van der Waals surface area (Å²) >= 11 is 3.54. The summed E-state index contributed by atoms with van der Waals surface area (Å²) in [5.74, 6) is 0.178. The van der Waals surface area contributed by atoms with E-state index in [1.807, 2.05) is 26.0 Å². The number of carbonyl (C=O) groups is 1. The third-order valence-electron chi connectivity index (χ3n) is 3.61. The zero-order chi connectivity index (χ0) is 14.9. The molecule has 0 unspecified atom stereocenters. The first-order chi connectivity index (χ1) is 9.38. The van der Waals surface area contributed by atoms with Crippen LogP contribution < -0.4 is 0 Å². The van der Waals surface area contributed by atoms with Crippen molar-refractivity contribution in [1.29, 1.82) is 0 Å². The van der Waals surface area contributed by atoms with Crippen molar-refractivity contribution >= 4 is 21.7 Å². The van der Waals surface area contributed by atoms with Gasteiger partial charge < -0.3 is 0 Å². The van der Waals surface area contributed by atoms with Gasteiger partial charge in [0.15, 0.2) is 5.78 Å². The van der Waals surface area contributed by atoms with Crippen molar-refractivity contribution in [3.63, 3.8) is 0 Å². The largest absolute Gasteiger partial charge is 0.294 e. The molecule has 0 amide bonds. The van der Waals surface area contributed by atoms with E-state index in [4.69, 9.17) is 0 Å². The summed E-state index contributed by atoms with van der Waals surface area (Å²) in [6.07, 6.45) is 0.466. The fraction of sp³-hybridized carbons (Fsp3) is 0.278. The maximum absolute atomic E-state index is 12.5. The molecule has 0 atom stereocenters. The van der Waals surface area contributed by atoms with E-state index < -0.39 is 0 Å². The fourth-order valence-corrected chi connectivity index (χ4v) is 2.60. The van der Waals surface area contributed by atoms with Crippen molar-refractivity contribution in [2.45, 2.75) is 34.1 Å². The predicted molar refractivity (Wildman–Crippen MR) is 87.6 cm³/mol. The first kappa shape index (κ1) is 15.0. The average Bonchev–Trinajstić information content (AvgIpc) is 2.39. The molecule has 0 saturated heterocycles. The summed E-state index contributed by atoms with van der Waals surface area (Å²) < 4.78 is 1.08. The van der Waals surface area contributed by atoms with Gasteiger partial charge in [-0.1, -0.05) is 39.7 Å². The average molecular weight is 331 g/mol. The van der Waals surface area contributed by atoms with Gasteiger partial charge in [0, 0.05) is 16.5 Å². The lowest BCUT2D eigenvalue weighted by Gasteiger charge is -2.09. The van der Waals surface area contributed by atoms with E-state index in [2.05, 4.69) is 48.0 Å². The Balaban J connectivity index is 2.31. The highest BCUT2D eigenvalue weighted by Crippen LogP contribution is 2.23. The molecule has 20 heavy (non-hydrogen) atoms. The van der Waals surface area contributed by atoms with E-state index >= 15 is 0 Å². The lowest BCUT2D eigenvalue weighted by Crippen LogP contribution is -2.06. The molecule has 0 aliphatic carbocycles. The monoisotopic (exact) mass is 330 g/mol. The van der Waals surface area contributed by atoms with Crippen LogP contribution in [0.25, 0.3) is 0 Å². The highest BCUT2D eigenvalue weighted by Gasteiger charge is 2.12. The van der Waals surface area contributed by atoms with Crippen LogP contribution >= 0.6 is 15.9 Å². The second-order valence-corrected chi connectivity index (χ2v) is 6.25. The Morgan fingerprint density at radius 3 is 2.15 bits per heavy atom. The fourth-order valence-electron chi connectivity index (χ4n) is 2.37. The molecular formula is C18H19BrO. The maximum Gasteiger partial charge on any atom is 0.167 e. The van der Waals surface area contributed by atoms with Gasteiger partial charge in [-0.25, -0.2) is 0 Å². The number of hydrogen-bond acceptors (Lipinski definition) is 1. The van der Waals surface area contributed by atoms with E-state index in [9.17, 15) is 4.79 Å². The van der Waals surface area contributed by atoms with Crippen molar-refractivity contribution < 1.29 is 4.79 Å². The summed E-state index contributed by atoms with van der Waals surface area (Å²) in [5, 5.41) is 0.